The van der Waals surface area contributed by atoms with Gasteiger partial charge in [0.1, 0.15) is 11.4 Å². The van der Waals surface area contributed by atoms with Crippen molar-refractivity contribution < 1.29 is 22.6 Å². The van der Waals surface area contributed by atoms with Crippen molar-refractivity contribution in [1.82, 2.24) is 15.5 Å². The average molecular weight is 487 g/mol. The van der Waals surface area contributed by atoms with Gasteiger partial charge in [-0.2, -0.15) is 13.2 Å². The van der Waals surface area contributed by atoms with Gasteiger partial charge in [0.2, 0.25) is 0 Å². The maximum absolute atomic E-state index is 13.2. The number of ether oxygens (including phenoxy) is 2. The molecule has 9 heteroatoms. The molecule has 4 rings (SSSR count). The van der Waals surface area contributed by atoms with Crippen LogP contribution < -0.4 is 15.4 Å². The number of piperidine rings is 1. The molecule has 6 nitrogen and oxygen atoms in total. The van der Waals surface area contributed by atoms with E-state index in [9.17, 15) is 13.2 Å². The summed E-state index contributed by atoms with van der Waals surface area (Å²) in [6.07, 6.45) is -2.40. The molecule has 1 aromatic heterocycles. The minimum atomic E-state index is -4.47. The first kappa shape index (κ1) is 24.9. The van der Waals surface area contributed by atoms with Gasteiger partial charge in [0, 0.05) is 23.7 Å². The molecule has 1 aliphatic heterocycles. The Kier molecular flexibility index (Phi) is 7.87. The Balaban J connectivity index is 1.67. The minimum Gasteiger partial charge on any atom is -0.496 e. The molecule has 1 fully saturated rings. The average Bonchev–Trinajstić information content (AvgIpc) is 2.86. The molecule has 0 unspecified atom stereocenters. The van der Waals surface area contributed by atoms with Gasteiger partial charge in [0.05, 0.1) is 25.9 Å². The summed E-state index contributed by atoms with van der Waals surface area (Å²) in [7, 11) is 1.34. The molecular formula is C26H29F3N4O2. The van der Waals surface area contributed by atoms with Gasteiger partial charge in [-0.05, 0) is 55.6 Å². The van der Waals surface area contributed by atoms with E-state index in [-0.39, 0.29) is 18.4 Å². The van der Waals surface area contributed by atoms with Crippen molar-refractivity contribution in [3.63, 3.8) is 0 Å². The molecule has 0 radical (unpaired) electrons. The van der Waals surface area contributed by atoms with Gasteiger partial charge in [-0.3, -0.25) is 0 Å². The maximum Gasteiger partial charge on any atom is 0.416 e. The number of anilines is 1. The van der Waals surface area contributed by atoms with Crippen LogP contribution >= 0.6 is 0 Å². The monoisotopic (exact) mass is 486 g/mol. The van der Waals surface area contributed by atoms with E-state index in [1.165, 1.54) is 13.2 Å². The first-order chi connectivity index (χ1) is 16.9. The number of aromatic nitrogens is 2. The Bertz CT molecular complexity index is 1130. The van der Waals surface area contributed by atoms with E-state index < -0.39 is 11.7 Å². The molecule has 1 atom stereocenters. The molecule has 0 saturated carbocycles. The first-order valence-corrected chi connectivity index (χ1v) is 11.6. The van der Waals surface area contributed by atoms with Gasteiger partial charge >= 0.3 is 6.18 Å². The summed E-state index contributed by atoms with van der Waals surface area (Å²) >= 11 is 0. The van der Waals surface area contributed by atoms with Gasteiger partial charge in [0.25, 0.3) is 0 Å². The summed E-state index contributed by atoms with van der Waals surface area (Å²) in [5, 5.41) is 15.7. The van der Waals surface area contributed by atoms with Gasteiger partial charge < -0.3 is 20.1 Å². The summed E-state index contributed by atoms with van der Waals surface area (Å²) in [5.74, 6) is 0.712. The van der Waals surface area contributed by atoms with Crippen LogP contribution in [0.2, 0.25) is 0 Å². The molecule has 1 saturated heterocycles. The summed E-state index contributed by atoms with van der Waals surface area (Å²) in [6.45, 7) is 4.38. The van der Waals surface area contributed by atoms with Gasteiger partial charge in [-0.15, -0.1) is 10.2 Å². The zero-order valence-electron chi connectivity index (χ0n) is 19.8. The summed E-state index contributed by atoms with van der Waals surface area (Å²) in [4.78, 5) is 0. The molecule has 3 aromatic rings. The van der Waals surface area contributed by atoms with Crippen LogP contribution in [0.15, 0.2) is 48.5 Å². The number of hydrogen-bond acceptors (Lipinski definition) is 6. The maximum atomic E-state index is 13.2. The van der Waals surface area contributed by atoms with Gasteiger partial charge in [-0.25, -0.2) is 0 Å². The fourth-order valence-electron chi connectivity index (χ4n) is 4.18. The van der Waals surface area contributed by atoms with Crippen LogP contribution in [0.4, 0.5) is 19.0 Å². The number of nitrogens with zero attached hydrogens (tertiary/aromatic N) is 2. The Labute approximate surface area is 202 Å². The molecule has 35 heavy (non-hydrogen) atoms. The van der Waals surface area contributed by atoms with E-state index in [4.69, 9.17) is 9.47 Å². The van der Waals surface area contributed by atoms with Crippen LogP contribution in [0, 0.1) is 6.92 Å². The summed E-state index contributed by atoms with van der Waals surface area (Å²) in [5.41, 5.74) is 2.76. The lowest BCUT2D eigenvalue weighted by atomic mass is 10.00. The fourth-order valence-corrected chi connectivity index (χ4v) is 4.18. The van der Waals surface area contributed by atoms with E-state index in [0.717, 1.165) is 54.8 Å². The largest absolute Gasteiger partial charge is 0.496 e. The number of alkyl halides is 3. The first-order valence-electron chi connectivity index (χ1n) is 11.6. The van der Waals surface area contributed by atoms with Crippen molar-refractivity contribution in [1.29, 1.82) is 0 Å². The van der Waals surface area contributed by atoms with Crippen LogP contribution in [0.3, 0.4) is 0 Å². The lowest BCUT2D eigenvalue weighted by Crippen LogP contribution is -2.39. The predicted molar refractivity (Wildman–Crippen MR) is 128 cm³/mol. The highest BCUT2D eigenvalue weighted by atomic mass is 19.4. The number of rotatable bonds is 8. The number of nitrogens with one attached hydrogen (secondary N) is 2. The highest BCUT2D eigenvalue weighted by Gasteiger charge is 2.32. The normalized spacial score (nSPS) is 16.2. The Morgan fingerprint density at radius 1 is 1.09 bits per heavy atom. The highest BCUT2D eigenvalue weighted by molar-refractivity contribution is 5.72. The minimum absolute atomic E-state index is 0.0885. The molecular weight excluding hydrogens is 457 g/mol. The molecule has 2 aromatic carbocycles. The number of methoxy groups -OCH3 is 1. The third-order valence-corrected chi connectivity index (χ3v) is 6.12. The van der Waals surface area contributed by atoms with Crippen LogP contribution in [-0.4, -0.2) is 36.4 Å². The van der Waals surface area contributed by atoms with Gasteiger partial charge in [-0.1, -0.05) is 30.3 Å². The fraction of sp³-hybridized carbons (Fsp3) is 0.385. The molecule has 2 heterocycles. The van der Waals surface area contributed by atoms with Crippen molar-refractivity contribution in [2.24, 2.45) is 0 Å². The quantitative estimate of drug-likeness (QED) is 0.447. The smallest absolute Gasteiger partial charge is 0.416 e. The van der Waals surface area contributed by atoms with Crippen molar-refractivity contribution in [3.05, 3.63) is 70.8 Å². The standard InChI is InChI=1S/C26H29F3N4O2/c1-17-22(16-35-15-18-7-4-3-5-8-18)25(31-20-9-6-12-30-14-20)33-32-24(17)21-11-10-19(26(27,28)29)13-23(21)34-2/h3-5,7-8,10-11,13,20,30H,6,9,12,14-16H2,1-2H3,(H,31,33)/t20-/m1/s1. The second-order valence-corrected chi connectivity index (χ2v) is 8.58. The van der Waals surface area contributed by atoms with E-state index >= 15 is 0 Å². The number of benzene rings is 2. The highest BCUT2D eigenvalue weighted by Crippen LogP contribution is 2.38. The van der Waals surface area contributed by atoms with Crippen molar-refractivity contribution >= 4 is 5.82 Å². The third-order valence-electron chi connectivity index (χ3n) is 6.12. The number of halogens is 3. The van der Waals surface area contributed by atoms with Crippen LogP contribution in [-0.2, 0) is 24.1 Å². The molecule has 0 spiro atoms. The van der Waals surface area contributed by atoms with Crippen LogP contribution in [0.5, 0.6) is 5.75 Å². The molecule has 0 bridgehead atoms. The van der Waals surface area contributed by atoms with Crippen LogP contribution in [0.1, 0.15) is 35.1 Å². The second-order valence-electron chi connectivity index (χ2n) is 8.58. The lowest BCUT2D eigenvalue weighted by Gasteiger charge is -2.26. The van der Waals surface area contributed by atoms with E-state index in [1.807, 2.05) is 37.3 Å². The zero-order valence-corrected chi connectivity index (χ0v) is 19.8. The van der Waals surface area contributed by atoms with E-state index in [0.29, 0.717) is 23.7 Å². The molecule has 0 aliphatic carbocycles. The van der Waals surface area contributed by atoms with Crippen molar-refractivity contribution in [3.8, 4) is 17.0 Å². The third kappa shape index (κ3) is 6.10. The topological polar surface area (TPSA) is 68.3 Å². The Morgan fingerprint density at radius 2 is 1.89 bits per heavy atom. The van der Waals surface area contributed by atoms with Gasteiger partial charge in [0.15, 0.2) is 5.82 Å². The van der Waals surface area contributed by atoms with Crippen molar-refractivity contribution in [2.75, 3.05) is 25.5 Å². The van der Waals surface area contributed by atoms with Crippen LogP contribution in [0.25, 0.3) is 11.3 Å². The van der Waals surface area contributed by atoms with E-state index in [2.05, 4.69) is 20.8 Å². The SMILES string of the molecule is COc1cc(C(F)(F)F)ccc1-c1nnc(N[C@@H]2CCCNC2)c(COCc2ccccc2)c1C. The molecule has 0 amide bonds. The zero-order chi connectivity index (χ0) is 24.8. The molecule has 1 aliphatic rings. The number of hydrogen-bond donors (Lipinski definition) is 2. The van der Waals surface area contributed by atoms with E-state index in [1.54, 1.807) is 0 Å². The Morgan fingerprint density at radius 3 is 2.57 bits per heavy atom. The second kappa shape index (κ2) is 11.0. The van der Waals surface area contributed by atoms with Crippen molar-refractivity contribution in [2.45, 2.75) is 45.2 Å². The Hall–Kier alpha value is -3.17. The summed E-state index contributed by atoms with van der Waals surface area (Å²) in [6, 6.07) is 13.4. The lowest BCUT2D eigenvalue weighted by molar-refractivity contribution is -0.137. The summed E-state index contributed by atoms with van der Waals surface area (Å²) < 4.78 is 51.0. The molecule has 186 valence electrons. The molecule has 2 N–H and O–H groups in total. The predicted octanol–water partition coefficient (Wildman–Crippen LogP) is 5.36.